The van der Waals surface area contributed by atoms with Gasteiger partial charge in [-0.05, 0) is 24.3 Å². The van der Waals surface area contributed by atoms with Crippen LogP contribution >= 0.6 is 0 Å². The van der Waals surface area contributed by atoms with Gasteiger partial charge in [0.2, 0.25) is 5.88 Å². The number of rotatable bonds is 4. The maximum Gasteiger partial charge on any atom is 0.222 e. The molecule has 2 aromatic heterocycles. The number of benzene rings is 1. The number of aromatic nitrogens is 3. The Morgan fingerprint density at radius 3 is 2.90 bits per heavy atom. The van der Waals surface area contributed by atoms with Crippen LogP contribution in [0.2, 0.25) is 0 Å². The first-order valence-corrected chi connectivity index (χ1v) is 8.18. The van der Waals surface area contributed by atoms with Gasteiger partial charge in [-0.15, -0.1) is 0 Å². The van der Waals surface area contributed by atoms with Crippen molar-refractivity contribution in [2.24, 2.45) is 7.05 Å². The molecule has 5 nitrogen and oxygen atoms in total. The molecule has 0 aliphatic rings. The Labute approximate surface area is 125 Å². The largest absolute Gasteiger partial charge is 0.616 e. The van der Waals surface area contributed by atoms with Crippen LogP contribution in [0.3, 0.4) is 0 Å². The SMILES string of the molecule is Cn1ccc2cc(Oc3cc(C[S+](C)[O-])ncn3)ccc21. The minimum atomic E-state index is -0.936. The van der Waals surface area contributed by atoms with E-state index in [-0.39, 0.29) is 0 Å². The van der Waals surface area contributed by atoms with Crippen LogP contribution in [-0.4, -0.2) is 25.3 Å². The van der Waals surface area contributed by atoms with Crippen molar-refractivity contribution < 1.29 is 9.29 Å². The smallest absolute Gasteiger partial charge is 0.222 e. The molecule has 0 saturated carbocycles. The van der Waals surface area contributed by atoms with Crippen LogP contribution in [0.25, 0.3) is 10.9 Å². The summed E-state index contributed by atoms with van der Waals surface area (Å²) in [6.45, 7) is 0. The minimum absolute atomic E-state index is 0.399. The molecule has 6 heteroatoms. The molecule has 0 fully saturated rings. The van der Waals surface area contributed by atoms with E-state index in [0.29, 0.717) is 17.3 Å². The Bertz CT molecular complexity index is 770. The van der Waals surface area contributed by atoms with Gasteiger partial charge in [-0.3, -0.25) is 0 Å². The molecular weight excluding hydrogens is 286 g/mol. The van der Waals surface area contributed by atoms with Crippen molar-refractivity contribution in [3.05, 3.63) is 48.5 Å². The highest BCUT2D eigenvalue weighted by Gasteiger charge is 2.07. The lowest BCUT2D eigenvalue weighted by molar-refractivity contribution is 0.461. The third-order valence-corrected chi connectivity index (χ3v) is 3.83. The Morgan fingerprint density at radius 2 is 2.10 bits per heavy atom. The predicted molar refractivity (Wildman–Crippen MR) is 82.8 cm³/mol. The fourth-order valence-corrected chi connectivity index (χ4v) is 2.74. The van der Waals surface area contributed by atoms with Crippen LogP contribution in [-0.2, 0) is 24.0 Å². The molecule has 1 aromatic carbocycles. The number of hydrogen-bond acceptors (Lipinski definition) is 4. The molecule has 108 valence electrons. The van der Waals surface area contributed by atoms with Gasteiger partial charge in [0.25, 0.3) is 0 Å². The van der Waals surface area contributed by atoms with Crippen LogP contribution in [0.15, 0.2) is 42.9 Å². The van der Waals surface area contributed by atoms with Gasteiger partial charge >= 0.3 is 0 Å². The van der Waals surface area contributed by atoms with E-state index < -0.39 is 11.2 Å². The van der Waals surface area contributed by atoms with Crippen LogP contribution in [0.1, 0.15) is 5.69 Å². The molecule has 0 bridgehead atoms. The molecule has 3 aromatic rings. The molecule has 0 spiro atoms. The lowest BCUT2D eigenvalue weighted by Gasteiger charge is -2.07. The molecule has 0 saturated heterocycles. The zero-order valence-corrected chi connectivity index (χ0v) is 12.6. The molecule has 0 N–H and O–H groups in total. The van der Waals surface area contributed by atoms with Crippen LogP contribution < -0.4 is 4.74 Å². The highest BCUT2D eigenvalue weighted by molar-refractivity contribution is 7.89. The molecule has 21 heavy (non-hydrogen) atoms. The number of nitrogens with zero attached hydrogens (tertiary/aromatic N) is 3. The summed E-state index contributed by atoms with van der Waals surface area (Å²) in [5.41, 5.74) is 1.86. The maximum atomic E-state index is 11.2. The first-order chi connectivity index (χ1) is 10.1. The summed E-state index contributed by atoms with van der Waals surface area (Å²) >= 11 is -0.936. The standard InChI is InChI=1S/C15H15N3O2S/c1-18-6-5-11-7-13(3-4-14(11)18)20-15-8-12(9-21(2)19)16-10-17-15/h3-8,10H,9H2,1-2H3. The average Bonchev–Trinajstić information content (AvgIpc) is 2.80. The van der Waals surface area contributed by atoms with E-state index in [2.05, 4.69) is 14.5 Å². The van der Waals surface area contributed by atoms with Gasteiger partial charge in [-0.1, -0.05) is 11.2 Å². The van der Waals surface area contributed by atoms with Crippen LogP contribution in [0.5, 0.6) is 11.6 Å². The van der Waals surface area contributed by atoms with Gasteiger partial charge in [0.15, 0.2) is 0 Å². The molecule has 0 aliphatic carbocycles. The Kier molecular flexibility index (Phi) is 3.81. The second kappa shape index (κ2) is 5.75. The number of fused-ring (bicyclic) bond motifs is 1. The maximum absolute atomic E-state index is 11.2. The van der Waals surface area contributed by atoms with E-state index in [1.165, 1.54) is 6.33 Å². The highest BCUT2D eigenvalue weighted by atomic mass is 32.2. The van der Waals surface area contributed by atoms with Crippen molar-refractivity contribution in [2.75, 3.05) is 6.26 Å². The summed E-state index contributed by atoms with van der Waals surface area (Å²) in [7, 11) is 2.00. The third kappa shape index (κ3) is 3.17. The Balaban J connectivity index is 1.84. The van der Waals surface area contributed by atoms with Crippen molar-refractivity contribution in [1.29, 1.82) is 0 Å². The summed E-state index contributed by atoms with van der Waals surface area (Å²) in [6, 6.07) is 9.63. The van der Waals surface area contributed by atoms with E-state index >= 15 is 0 Å². The summed E-state index contributed by atoms with van der Waals surface area (Å²) in [5.74, 6) is 1.58. The molecule has 1 atom stereocenters. The van der Waals surface area contributed by atoms with Crippen LogP contribution in [0, 0.1) is 0 Å². The van der Waals surface area contributed by atoms with Crippen LogP contribution in [0.4, 0.5) is 0 Å². The lowest BCUT2D eigenvalue weighted by atomic mass is 10.2. The molecule has 3 rings (SSSR count). The minimum Gasteiger partial charge on any atom is -0.616 e. The molecule has 1 unspecified atom stereocenters. The average molecular weight is 301 g/mol. The van der Waals surface area contributed by atoms with Gasteiger partial charge in [0, 0.05) is 30.2 Å². The first kappa shape index (κ1) is 13.9. The summed E-state index contributed by atoms with van der Waals surface area (Å²) in [5, 5.41) is 1.11. The van der Waals surface area contributed by atoms with E-state index in [9.17, 15) is 4.55 Å². The van der Waals surface area contributed by atoms with Crippen molar-refractivity contribution >= 4 is 22.1 Å². The first-order valence-electron chi connectivity index (χ1n) is 6.46. The van der Waals surface area contributed by atoms with E-state index in [0.717, 1.165) is 16.7 Å². The van der Waals surface area contributed by atoms with E-state index in [1.54, 1.807) is 12.3 Å². The highest BCUT2D eigenvalue weighted by Crippen LogP contribution is 2.25. The molecule has 0 amide bonds. The van der Waals surface area contributed by atoms with Gasteiger partial charge in [0.05, 0.1) is 11.9 Å². The topological polar surface area (TPSA) is 63.0 Å². The van der Waals surface area contributed by atoms with Crippen molar-refractivity contribution in [1.82, 2.24) is 14.5 Å². The second-order valence-electron chi connectivity index (χ2n) is 4.81. The molecular formula is C15H15N3O2S. The Morgan fingerprint density at radius 1 is 1.24 bits per heavy atom. The molecule has 0 aliphatic heterocycles. The number of hydrogen-bond donors (Lipinski definition) is 0. The normalized spacial score (nSPS) is 12.5. The van der Waals surface area contributed by atoms with Crippen molar-refractivity contribution in [3.63, 3.8) is 0 Å². The summed E-state index contributed by atoms with van der Waals surface area (Å²) < 4.78 is 19.1. The van der Waals surface area contributed by atoms with Gasteiger partial charge < -0.3 is 13.9 Å². The van der Waals surface area contributed by atoms with Gasteiger partial charge in [-0.25, -0.2) is 9.97 Å². The zero-order chi connectivity index (χ0) is 14.8. The third-order valence-electron chi connectivity index (χ3n) is 3.13. The van der Waals surface area contributed by atoms with Crippen molar-refractivity contribution in [2.45, 2.75) is 5.75 Å². The monoisotopic (exact) mass is 301 g/mol. The fourth-order valence-electron chi connectivity index (χ4n) is 2.16. The van der Waals surface area contributed by atoms with Gasteiger partial charge in [0.1, 0.15) is 17.8 Å². The quantitative estimate of drug-likeness (QED) is 0.695. The number of ether oxygens (including phenoxy) is 1. The van der Waals surface area contributed by atoms with Gasteiger partial charge in [-0.2, -0.15) is 0 Å². The molecule has 0 radical (unpaired) electrons. The predicted octanol–water partition coefficient (Wildman–Crippen LogP) is 2.64. The molecule has 2 heterocycles. The second-order valence-corrected chi connectivity index (χ2v) is 6.25. The number of aryl methyl sites for hydroxylation is 1. The van der Waals surface area contributed by atoms with E-state index in [4.69, 9.17) is 4.74 Å². The summed E-state index contributed by atoms with van der Waals surface area (Å²) in [4.78, 5) is 8.18. The van der Waals surface area contributed by atoms with Crippen molar-refractivity contribution in [3.8, 4) is 11.6 Å². The lowest BCUT2D eigenvalue weighted by Crippen LogP contribution is -2.03. The van der Waals surface area contributed by atoms with E-state index in [1.807, 2.05) is 37.5 Å². The Hall–Kier alpha value is -2.05. The fraction of sp³-hybridized carbons (Fsp3) is 0.200. The zero-order valence-electron chi connectivity index (χ0n) is 11.8. The summed E-state index contributed by atoms with van der Waals surface area (Å²) in [6.07, 6.45) is 5.08.